The van der Waals surface area contributed by atoms with E-state index in [0.29, 0.717) is 23.5 Å². The molecular formula is C22H17F4N5O. The van der Waals surface area contributed by atoms with Crippen molar-refractivity contribution >= 4 is 23.2 Å². The predicted molar refractivity (Wildman–Crippen MR) is 111 cm³/mol. The second-order valence-corrected chi connectivity index (χ2v) is 7.63. The first-order valence-corrected chi connectivity index (χ1v) is 9.97. The van der Waals surface area contributed by atoms with Gasteiger partial charge in [0.05, 0.1) is 35.0 Å². The number of hydrogen-bond donors (Lipinski definition) is 1. The van der Waals surface area contributed by atoms with Crippen LogP contribution in [0.25, 0.3) is 11.3 Å². The Morgan fingerprint density at radius 2 is 1.97 bits per heavy atom. The van der Waals surface area contributed by atoms with Gasteiger partial charge in [0.15, 0.2) is 5.82 Å². The summed E-state index contributed by atoms with van der Waals surface area (Å²) in [5.74, 6) is -0.233. The number of amides is 2. The topological polar surface area (TPSA) is 61.4 Å². The van der Waals surface area contributed by atoms with Crippen LogP contribution in [0.4, 0.5) is 39.5 Å². The molecule has 1 N–H and O–H groups in total. The molecule has 0 bridgehead atoms. The SMILES string of the molecule is O=C(Nc1cncc(F)c1)N1c2nc(-c3cccc(C(F)(F)F)c3)ccc2N2CCC[C@H]21. The minimum atomic E-state index is -4.47. The third-order valence-corrected chi connectivity index (χ3v) is 5.57. The first kappa shape index (κ1) is 20.2. The largest absolute Gasteiger partial charge is 0.416 e. The van der Waals surface area contributed by atoms with Crippen LogP contribution in [0.3, 0.4) is 0 Å². The number of benzene rings is 1. The number of fused-ring (bicyclic) bond motifs is 3. The molecule has 1 aromatic carbocycles. The predicted octanol–water partition coefficient (Wildman–Crippen LogP) is 5.28. The summed E-state index contributed by atoms with van der Waals surface area (Å²) < 4.78 is 52.9. The van der Waals surface area contributed by atoms with Crippen molar-refractivity contribution in [1.29, 1.82) is 0 Å². The highest BCUT2D eigenvalue weighted by Crippen LogP contribution is 2.44. The molecule has 2 aromatic heterocycles. The first-order valence-electron chi connectivity index (χ1n) is 9.97. The van der Waals surface area contributed by atoms with E-state index in [0.717, 1.165) is 43.0 Å². The molecule has 0 saturated carbocycles. The molecular weight excluding hydrogens is 426 g/mol. The quantitative estimate of drug-likeness (QED) is 0.548. The van der Waals surface area contributed by atoms with Crippen molar-refractivity contribution < 1.29 is 22.4 Å². The number of carbonyl (C=O) groups is 1. The Balaban J connectivity index is 1.52. The number of rotatable bonds is 2. The number of aromatic nitrogens is 2. The highest BCUT2D eigenvalue weighted by molar-refractivity contribution is 6.06. The van der Waals surface area contributed by atoms with Crippen molar-refractivity contribution in [3.05, 3.63) is 66.2 Å². The molecule has 5 rings (SSSR count). The summed E-state index contributed by atoms with van der Waals surface area (Å²) in [6, 6.07) is 8.97. The number of hydrogen-bond acceptors (Lipinski definition) is 4. The number of nitrogens with one attached hydrogen (secondary N) is 1. The van der Waals surface area contributed by atoms with Crippen molar-refractivity contribution in [2.75, 3.05) is 21.7 Å². The molecule has 4 heterocycles. The van der Waals surface area contributed by atoms with Crippen molar-refractivity contribution in [3.8, 4) is 11.3 Å². The summed E-state index contributed by atoms with van der Waals surface area (Å²) in [6.45, 7) is 0.730. The minimum Gasteiger partial charge on any atom is -0.348 e. The van der Waals surface area contributed by atoms with E-state index in [4.69, 9.17) is 0 Å². The van der Waals surface area contributed by atoms with Crippen LogP contribution in [0.2, 0.25) is 0 Å². The van der Waals surface area contributed by atoms with Crippen LogP contribution in [0.1, 0.15) is 18.4 Å². The first-order chi connectivity index (χ1) is 15.3. The number of urea groups is 1. The molecule has 0 unspecified atom stereocenters. The van der Waals surface area contributed by atoms with Gasteiger partial charge in [-0.15, -0.1) is 0 Å². The van der Waals surface area contributed by atoms with E-state index in [-0.39, 0.29) is 11.9 Å². The van der Waals surface area contributed by atoms with E-state index in [1.807, 2.05) is 4.90 Å². The maximum absolute atomic E-state index is 13.5. The average Bonchev–Trinajstić information content (AvgIpc) is 3.33. The second kappa shape index (κ2) is 7.47. The van der Waals surface area contributed by atoms with E-state index >= 15 is 0 Å². The fraction of sp³-hybridized carbons (Fsp3) is 0.227. The Kier molecular flexibility index (Phi) is 4.72. The molecule has 164 valence electrons. The number of anilines is 3. The summed E-state index contributed by atoms with van der Waals surface area (Å²) >= 11 is 0. The summed E-state index contributed by atoms with van der Waals surface area (Å²) in [6.07, 6.45) is -0.787. The molecule has 1 fully saturated rings. The smallest absolute Gasteiger partial charge is 0.348 e. The van der Waals surface area contributed by atoms with Crippen LogP contribution in [0.15, 0.2) is 54.9 Å². The monoisotopic (exact) mass is 443 g/mol. The second-order valence-electron chi connectivity index (χ2n) is 7.63. The Labute approximate surface area is 180 Å². The van der Waals surface area contributed by atoms with Gasteiger partial charge in [-0.1, -0.05) is 12.1 Å². The third kappa shape index (κ3) is 3.51. The summed E-state index contributed by atoms with van der Waals surface area (Å²) in [7, 11) is 0. The molecule has 6 nitrogen and oxygen atoms in total. The van der Waals surface area contributed by atoms with Crippen molar-refractivity contribution in [2.24, 2.45) is 0 Å². The molecule has 3 aromatic rings. The van der Waals surface area contributed by atoms with E-state index in [1.165, 1.54) is 17.2 Å². The van der Waals surface area contributed by atoms with Gasteiger partial charge in [-0.05, 0) is 37.1 Å². The van der Waals surface area contributed by atoms with Crippen LogP contribution in [0.5, 0.6) is 0 Å². The van der Waals surface area contributed by atoms with Gasteiger partial charge in [-0.25, -0.2) is 14.2 Å². The molecule has 10 heteroatoms. The Morgan fingerprint density at radius 1 is 1.12 bits per heavy atom. The standard InChI is InChI=1S/C22H17F4N5O/c23-15-10-16(12-27-11-15)28-21(32)31-19-5-2-8-30(19)18-7-6-17(29-20(18)31)13-3-1-4-14(9-13)22(24,25)26/h1,3-4,6-7,9-12,19H,2,5,8H2,(H,28,32)/t19-/m1/s1. The van der Waals surface area contributed by atoms with Gasteiger partial charge in [0.2, 0.25) is 0 Å². The highest BCUT2D eigenvalue weighted by atomic mass is 19.4. The van der Waals surface area contributed by atoms with Gasteiger partial charge < -0.3 is 10.2 Å². The van der Waals surface area contributed by atoms with Gasteiger partial charge in [-0.2, -0.15) is 13.2 Å². The number of carbonyl (C=O) groups excluding carboxylic acids is 1. The molecule has 1 atom stereocenters. The Hall–Kier alpha value is -3.69. The van der Waals surface area contributed by atoms with Crippen LogP contribution >= 0.6 is 0 Å². The third-order valence-electron chi connectivity index (χ3n) is 5.57. The van der Waals surface area contributed by atoms with Crippen LogP contribution in [-0.2, 0) is 6.18 Å². The minimum absolute atomic E-state index is 0.196. The van der Waals surface area contributed by atoms with E-state index in [2.05, 4.69) is 15.3 Å². The van der Waals surface area contributed by atoms with Crippen molar-refractivity contribution in [1.82, 2.24) is 9.97 Å². The average molecular weight is 443 g/mol. The van der Waals surface area contributed by atoms with Crippen LogP contribution in [-0.4, -0.2) is 28.7 Å². The lowest BCUT2D eigenvalue weighted by Gasteiger charge is -2.25. The molecule has 2 aliphatic heterocycles. The number of alkyl halides is 3. The van der Waals surface area contributed by atoms with Crippen molar-refractivity contribution in [3.63, 3.8) is 0 Å². The number of nitrogens with zero attached hydrogens (tertiary/aromatic N) is 4. The lowest BCUT2D eigenvalue weighted by molar-refractivity contribution is -0.137. The van der Waals surface area contributed by atoms with Crippen LogP contribution < -0.4 is 15.1 Å². The van der Waals surface area contributed by atoms with Gasteiger partial charge in [0, 0.05) is 18.2 Å². The fourth-order valence-corrected chi connectivity index (χ4v) is 4.19. The summed E-state index contributed by atoms with van der Waals surface area (Å²) in [5.41, 5.74) is 0.773. The number of pyridine rings is 2. The zero-order chi connectivity index (χ0) is 22.5. The van der Waals surface area contributed by atoms with E-state index < -0.39 is 23.6 Å². The zero-order valence-electron chi connectivity index (χ0n) is 16.6. The molecule has 0 radical (unpaired) electrons. The van der Waals surface area contributed by atoms with E-state index in [9.17, 15) is 22.4 Å². The Morgan fingerprint density at radius 3 is 2.75 bits per heavy atom. The molecule has 0 aliphatic carbocycles. The maximum Gasteiger partial charge on any atom is 0.416 e. The highest BCUT2D eigenvalue weighted by Gasteiger charge is 2.43. The number of halogens is 4. The lowest BCUT2D eigenvalue weighted by atomic mass is 10.1. The summed E-state index contributed by atoms with van der Waals surface area (Å²) in [4.78, 5) is 24.9. The fourth-order valence-electron chi connectivity index (χ4n) is 4.19. The van der Waals surface area contributed by atoms with E-state index in [1.54, 1.807) is 18.2 Å². The normalized spacial score (nSPS) is 17.3. The molecule has 1 saturated heterocycles. The van der Waals surface area contributed by atoms with Crippen LogP contribution in [0, 0.1) is 5.82 Å². The zero-order valence-corrected chi connectivity index (χ0v) is 16.6. The van der Waals surface area contributed by atoms with Gasteiger partial charge in [-0.3, -0.25) is 9.88 Å². The molecule has 0 spiro atoms. The Bertz CT molecular complexity index is 1200. The van der Waals surface area contributed by atoms with Crippen molar-refractivity contribution in [2.45, 2.75) is 25.2 Å². The molecule has 2 aliphatic rings. The molecule has 32 heavy (non-hydrogen) atoms. The van der Waals surface area contributed by atoms with Gasteiger partial charge in [0.25, 0.3) is 0 Å². The van der Waals surface area contributed by atoms with Gasteiger partial charge in [0.1, 0.15) is 12.0 Å². The maximum atomic E-state index is 13.5. The van der Waals surface area contributed by atoms with Gasteiger partial charge >= 0.3 is 12.2 Å². The summed E-state index contributed by atoms with van der Waals surface area (Å²) in [5, 5.41) is 2.64. The lowest BCUT2D eigenvalue weighted by Crippen LogP contribution is -2.45. The molecule has 2 amide bonds.